The number of nitrogens with one attached hydrogen (secondary N) is 1. The fraction of sp³-hybridized carbons (Fsp3) is 0.273. The Balaban J connectivity index is 1.36. The summed E-state index contributed by atoms with van der Waals surface area (Å²) in [7, 11) is 0. The summed E-state index contributed by atoms with van der Waals surface area (Å²) in [6.07, 6.45) is 2.34. The van der Waals surface area contributed by atoms with Crippen molar-refractivity contribution in [2.24, 2.45) is 0 Å². The second-order valence-corrected chi connectivity index (χ2v) is 7.88. The minimum absolute atomic E-state index is 0.0569. The molecule has 1 amide bonds. The molecule has 27 heavy (non-hydrogen) atoms. The van der Waals surface area contributed by atoms with Gasteiger partial charge in [-0.2, -0.15) is 16.9 Å². The van der Waals surface area contributed by atoms with E-state index in [2.05, 4.69) is 29.6 Å². The highest BCUT2D eigenvalue weighted by Crippen LogP contribution is 2.39. The van der Waals surface area contributed by atoms with Gasteiger partial charge in [-0.25, -0.2) is 4.68 Å². The third-order valence-electron chi connectivity index (χ3n) is 4.60. The third-order valence-corrected chi connectivity index (χ3v) is 5.63. The maximum Gasteiger partial charge on any atom is 0.270 e. The number of hydrogen-bond acceptors (Lipinski definition) is 3. The van der Waals surface area contributed by atoms with E-state index in [0.717, 1.165) is 22.9 Å². The van der Waals surface area contributed by atoms with Crippen LogP contribution in [-0.2, 0) is 5.75 Å². The molecule has 2 aromatic carbocycles. The zero-order valence-electron chi connectivity index (χ0n) is 15.2. The fourth-order valence-electron chi connectivity index (χ4n) is 3.00. The molecule has 0 radical (unpaired) electrons. The van der Waals surface area contributed by atoms with Crippen molar-refractivity contribution < 1.29 is 4.79 Å². The second kappa shape index (κ2) is 8.44. The summed E-state index contributed by atoms with van der Waals surface area (Å²) in [5.74, 6) is 2.31. The maximum atomic E-state index is 12.7. The van der Waals surface area contributed by atoms with Crippen LogP contribution in [0.1, 0.15) is 40.5 Å². The molecule has 138 valence electrons. The lowest BCUT2D eigenvalue weighted by Crippen LogP contribution is -2.27. The van der Waals surface area contributed by atoms with E-state index in [1.165, 1.54) is 18.4 Å². The highest BCUT2D eigenvalue weighted by atomic mass is 32.2. The molecule has 1 saturated carbocycles. The number of hydrogen-bond donors (Lipinski definition) is 1. The van der Waals surface area contributed by atoms with Gasteiger partial charge in [0.15, 0.2) is 0 Å². The average molecular weight is 378 g/mol. The molecule has 1 fully saturated rings. The van der Waals surface area contributed by atoms with Gasteiger partial charge in [-0.05, 0) is 36.6 Å². The number of amides is 1. The van der Waals surface area contributed by atoms with Crippen LogP contribution >= 0.6 is 11.8 Å². The lowest BCUT2D eigenvalue weighted by Gasteiger charge is -2.08. The molecule has 1 aliphatic rings. The van der Waals surface area contributed by atoms with E-state index in [0.29, 0.717) is 18.2 Å². The molecule has 1 aromatic heterocycles. The molecule has 4 rings (SSSR count). The molecule has 0 unspecified atom stereocenters. The molecular formula is C22H23N3OS. The molecule has 1 aliphatic carbocycles. The Morgan fingerprint density at radius 2 is 1.78 bits per heavy atom. The Morgan fingerprint density at radius 3 is 2.48 bits per heavy atom. The van der Waals surface area contributed by atoms with E-state index < -0.39 is 0 Å². The van der Waals surface area contributed by atoms with Crippen molar-refractivity contribution in [2.75, 3.05) is 12.3 Å². The number of benzene rings is 2. The SMILES string of the molecule is O=C(NCCSCc1ccccc1)c1cc(C2CC2)nn1-c1ccccc1. The van der Waals surface area contributed by atoms with Gasteiger partial charge in [-0.3, -0.25) is 4.79 Å². The number of aromatic nitrogens is 2. The van der Waals surface area contributed by atoms with Crippen molar-refractivity contribution >= 4 is 17.7 Å². The summed E-state index contributed by atoms with van der Waals surface area (Å²) in [6.45, 7) is 0.648. The van der Waals surface area contributed by atoms with Crippen molar-refractivity contribution in [3.05, 3.63) is 83.7 Å². The average Bonchev–Trinajstić information content (AvgIpc) is 3.47. The molecule has 0 saturated heterocycles. The minimum atomic E-state index is -0.0569. The van der Waals surface area contributed by atoms with Crippen LogP contribution in [0.25, 0.3) is 5.69 Å². The first-order chi connectivity index (χ1) is 13.3. The van der Waals surface area contributed by atoms with Crippen molar-refractivity contribution in [3.63, 3.8) is 0 Å². The van der Waals surface area contributed by atoms with Gasteiger partial charge in [-0.1, -0.05) is 48.5 Å². The minimum Gasteiger partial charge on any atom is -0.350 e. The highest BCUT2D eigenvalue weighted by molar-refractivity contribution is 7.98. The fourth-order valence-corrected chi connectivity index (χ4v) is 3.82. The van der Waals surface area contributed by atoms with Crippen LogP contribution in [0.15, 0.2) is 66.7 Å². The molecule has 0 bridgehead atoms. The normalized spacial score (nSPS) is 13.5. The third kappa shape index (κ3) is 4.61. The first-order valence-corrected chi connectivity index (χ1v) is 10.5. The second-order valence-electron chi connectivity index (χ2n) is 6.77. The largest absolute Gasteiger partial charge is 0.350 e. The van der Waals surface area contributed by atoms with Gasteiger partial charge in [0.2, 0.25) is 0 Å². The first kappa shape index (κ1) is 17.9. The molecule has 0 aliphatic heterocycles. The van der Waals surface area contributed by atoms with Crippen LogP contribution in [0.4, 0.5) is 0 Å². The molecule has 0 atom stereocenters. The van der Waals surface area contributed by atoms with Crippen LogP contribution in [-0.4, -0.2) is 28.0 Å². The van der Waals surface area contributed by atoms with Crippen molar-refractivity contribution in [1.82, 2.24) is 15.1 Å². The standard InChI is InChI=1S/C22H23N3OS/c26-22(23-13-14-27-16-17-7-3-1-4-8-17)21-15-20(18-11-12-18)24-25(21)19-9-5-2-6-10-19/h1-10,15,18H,11-14,16H2,(H,23,26). The Kier molecular flexibility index (Phi) is 5.58. The van der Waals surface area contributed by atoms with Crippen molar-refractivity contribution in [1.29, 1.82) is 0 Å². The van der Waals surface area contributed by atoms with Crippen molar-refractivity contribution in [3.8, 4) is 5.69 Å². The summed E-state index contributed by atoms with van der Waals surface area (Å²) < 4.78 is 1.78. The number of thioether (sulfide) groups is 1. The summed E-state index contributed by atoms with van der Waals surface area (Å²) in [6, 6.07) is 22.2. The van der Waals surface area contributed by atoms with Gasteiger partial charge < -0.3 is 5.32 Å². The van der Waals surface area contributed by atoms with E-state index in [4.69, 9.17) is 5.10 Å². The van der Waals surface area contributed by atoms with Crippen LogP contribution in [0, 0.1) is 0 Å². The Bertz CT molecular complexity index is 888. The molecule has 5 heteroatoms. The molecule has 4 nitrogen and oxygen atoms in total. The predicted octanol–water partition coefficient (Wildman–Crippen LogP) is 4.41. The molecule has 1 heterocycles. The van der Waals surface area contributed by atoms with E-state index in [1.54, 1.807) is 4.68 Å². The van der Waals surface area contributed by atoms with E-state index >= 15 is 0 Å². The Hall–Kier alpha value is -2.53. The molecule has 3 aromatic rings. The van der Waals surface area contributed by atoms with Gasteiger partial charge in [0, 0.05) is 24.0 Å². The molecule has 1 N–H and O–H groups in total. The van der Waals surface area contributed by atoms with Crippen LogP contribution in [0.2, 0.25) is 0 Å². The van der Waals surface area contributed by atoms with E-state index in [1.807, 2.05) is 54.2 Å². The van der Waals surface area contributed by atoms with E-state index in [9.17, 15) is 4.79 Å². The zero-order valence-corrected chi connectivity index (χ0v) is 16.0. The predicted molar refractivity (Wildman–Crippen MR) is 110 cm³/mol. The number of nitrogens with zero attached hydrogens (tertiary/aromatic N) is 2. The summed E-state index contributed by atoms with van der Waals surface area (Å²) >= 11 is 1.83. The number of rotatable bonds is 8. The quantitative estimate of drug-likeness (QED) is 0.592. The van der Waals surface area contributed by atoms with Gasteiger partial charge in [0.1, 0.15) is 5.69 Å². The summed E-state index contributed by atoms with van der Waals surface area (Å²) in [5, 5.41) is 7.75. The molecule has 0 spiro atoms. The lowest BCUT2D eigenvalue weighted by atomic mass is 10.2. The Labute approximate surface area is 164 Å². The van der Waals surface area contributed by atoms with Gasteiger partial charge in [0.25, 0.3) is 5.91 Å². The Morgan fingerprint density at radius 1 is 1.07 bits per heavy atom. The topological polar surface area (TPSA) is 46.9 Å². The maximum absolute atomic E-state index is 12.7. The van der Waals surface area contributed by atoms with E-state index in [-0.39, 0.29) is 5.91 Å². The highest BCUT2D eigenvalue weighted by Gasteiger charge is 2.28. The number of para-hydroxylation sites is 1. The summed E-state index contributed by atoms with van der Waals surface area (Å²) in [5.41, 5.74) is 3.89. The monoisotopic (exact) mass is 377 g/mol. The summed E-state index contributed by atoms with van der Waals surface area (Å²) in [4.78, 5) is 12.7. The number of carbonyl (C=O) groups is 1. The smallest absolute Gasteiger partial charge is 0.270 e. The molecular weight excluding hydrogens is 354 g/mol. The number of carbonyl (C=O) groups excluding carboxylic acids is 1. The van der Waals surface area contributed by atoms with Crippen molar-refractivity contribution in [2.45, 2.75) is 24.5 Å². The van der Waals surface area contributed by atoms with Crippen LogP contribution in [0.3, 0.4) is 0 Å². The van der Waals surface area contributed by atoms with Crippen LogP contribution in [0.5, 0.6) is 0 Å². The zero-order chi connectivity index (χ0) is 18.5. The van der Waals surface area contributed by atoms with Gasteiger partial charge in [-0.15, -0.1) is 0 Å². The van der Waals surface area contributed by atoms with Crippen LogP contribution < -0.4 is 5.32 Å². The van der Waals surface area contributed by atoms with Gasteiger partial charge in [0.05, 0.1) is 11.4 Å². The first-order valence-electron chi connectivity index (χ1n) is 9.36. The lowest BCUT2D eigenvalue weighted by molar-refractivity contribution is 0.0948. The van der Waals surface area contributed by atoms with Gasteiger partial charge >= 0.3 is 0 Å².